The number of nitrogens with zero attached hydrogens (tertiary/aromatic N) is 1. The highest BCUT2D eigenvalue weighted by atomic mass is 19.2. The third-order valence-electron chi connectivity index (χ3n) is 4.13. The Hall–Kier alpha value is -3.21. The number of halogens is 5. The Balaban J connectivity index is 1.76. The molecule has 1 heterocycles. The lowest BCUT2D eigenvalue weighted by Gasteiger charge is -2.17. The van der Waals surface area contributed by atoms with Gasteiger partial charge in [-0.25, -0.2) is 32.3 Å². The second-order valence-corrected chi connectivity index (χ2v) is 5.97. The van der Waals surface area contributed by atoms with Gasteiger partial charge in [-0.1, -0.05) is 0 Å². The first kappa shape index (κ1) is 20.5. The number of benzene rings is 2. The summed E-state index contributed by atoms with van der Waals surface area (Å²) in [5, 5.41) is 0. The molecule has 29 heavy (non-hydrogen) atoms. The Morgan fingerprint density at radius 3 is 2.07 bits per heavy atom. The van der Waals surface area contributed by atoms with Crippen LogP contribution in [-0.4, -0.2) is 24.5 Å². The zero-order valence-corrected chi connectivity index (χ0v) is 14.9. The Kier molecular flexibility index (Phi) is 5.69. The van der Waals surface area contributed by atoms with Crippen LogP contribution >= 0.6 is 0 Å². The number of carbonyl (C=O) groups is 2. The minimum absolute atomic E-state index is 0.240. The highest BCUT2D eigenvalue weighted by Crippen LogP contribution is 2.28. The van der Waals surface area contributed by atoms with Gasteiger partial charge in [0.25, 0.3) is 5.91 Å². The number of anilines is 2. The van der Waals surface area contributed by atoms with E-state index in [1.807, 2.05) is 5.43 Å². The molecule has 0 saturated carbocycles. The van der Waals surface area contributed by atoms with E-state index in [1.54, 1.807) is 19.1 Å². The van der Waals surface area contributed by atoms with Crippen molar-refractivity contribution in [3.8, 4) is 5.75 Å². The first-order chi connectivity index (χ1) is 13.8. The van der Waals surface area contributed by atoms with Crippen molar-refractivity contribution in [3.63, 3.8) is 0 Å². The van der Waals surface area contributed by atoms with Gasteiger partial charge in [0.15, 0.2) is 23.3 Å². The molecule has 11 heteroatoms. The van der Waals surface area contributed by atoms with Crippen molar-refractivity contribution in [2.45, 2.75) is 19.4 Å². The summed E-state index contributed by atoms with van der Waals surface area (Å²) in [7, 11) is 0. The van der Waals surface area contributed by atoms with E-state index in [2.05, 4.69) is 5.43 Å². The Bertz CT molecular complexity index is 939. The number of hydrazine groups is 1. The standard InChI is InChI=1S/C18H14F5N3O3/c1-2-29-9-5-3-8(4-6-9)26-11(27)7-10(18(26)28)24-25-17-15(22)13(20)12(19)14(21)16(17)23/h3-6,10,24-25H,2,7H2,1H3/t10-/m0/s1. The summed E-state index contributed by atoms with van der Waals surface area (Å²) >= 11 is 0. The molecule has 6 nitrogen and oxygen atoms in total. The largest absolute Gasteiger partial charge is 0.494 e. The maximum Gasteiger partial charge on any atom is 0.253 e. The predicted octanol–water partition coefficient (Wildman–Crippen LogP) is 3.03. The highest BCUT2D eigenvalue weighted by Gasteiger charge is 2.40. The molecule has 2 aromatic rings. The summed E-state index contributed by atoms with van der Waals surface area (Å²) < 4.78 is 72.2. The van der Waals surface area contributed by atoms with Crippen molar-refractivity contribution in [2.75, 3.05) is 16.9 Å². The van der Waals surface area contributed by atoms with Crippen molar-refractivity contribution in [1.29, 1.82) is 0 Å². The quantitative estimate of drug-likeness (QED) is 0.250. The van der Waals surface area contributed by atoms with E-state index >= 15 is 0 Å². The van der Waals surface area contributed by atoms with Gasteiger partial charge in [0.2, 0.25) is 11.7 Å². The second kappa shape index (κ2) is 8.03. The lowest BCUT2D eigenvalue weighted by Crippen LogP contribution is -2.42. The third-order valence-corrected chi connectivity index (χ3v) is 4.13. The van der Waals surface area contributed by atoms with Gasteiger partial charge in [0.05, 0.1) is 18.7 Å². The molecule has 1 fully saturated rings. The zero-order valence-electron chi connectivity index (χ0n) is 14.9. The van der Waals surface area contributed by atoms with Crippen LogP contribution in [0.3, 0.4) is 0 Å². The van der Waals surface area contributed by atoms with Crippen LogP contribution in [0.4, 0.5) is 33.3 Å². The molecule has 2 N–H and O–H groups in total. The van der Waals surface area contributed by atoms with Crippen LogP contribution in [0.15, 0.2) is 24.3 Å². The Labute approximate surface area is 161 Å². The summed E-state index contributed by atoms with van der Waals surface area (Å²) in [5.41, 5.74) is 2.84. The minimum Gasteiger partial charge on any atom is -0.494 e. The molecule has 1 aliphatic rings. The van der Waals surface area contributed by atoms with E-state index < -0.39 is 59.1 Å². The molecular weight excluding hydrogens is 401 g/mol. The van der Waals surface area contributed by atoms with Crippen LogP contribution in [0, 0.1) is 29.1 Å². The van der Waals surface area contributed by atoms with Crippen molar-refractivity contribution < 1.29 is 36.3 Å². The van der Waals surface area contributed by atoms with Crippen LogP contribution in [0.1, 0.15) is 13.3 Å². The summed E-state index contributed by atoms with van der Waals surface area (Å²) in [6, 6.07) is 4.76. The summed E-state index contributed by atoms with van der Waals surface area (Å²) in [6.45, 7) is 2.21. The van der Waals surface area contributed by atoms with Crippen LogP contribution in [0.5, 0.6) is 5.75 Å². The van der Waals surface area contributed by atoms with Crippen molar-refractivity contribution in [3.05, 3.63) is 53.4 Å². The maximum absolute atomic E-state index is 13.7. The molecule has 0 spiro atoms. The van der Waals surface area contributed by atoms with Crippen molar-refractivity contribution in [2.24, 2.45) is 0 Å². The van der Waals surface area contributed by atoms with E-state index in [0.717, 1.165) is 4.90 Å². The van der Waals surface area contributed by atoms with E-state index in [-0.39, 0.29) is 5.69 Å². The molecule has 0 aromatic heterocycles. The number of imide groups is 1. The van der Waals surface area contributed by atoms with Crippen molar-refractivity contribution >= 4 is 23.2 Å². The number of rotatable bonds is 6. The molecular formula is C18H14F5N3O3. The van der Waals surface area contributed by atoms with E-state index in [0.29, 0.717) is 12.4 Å². The SMILES string of the molecule is CCOc1ccc(N2C(=O)C[C@H](NNc3c(F)c(F)c(F)c(F)c3F)C2=O)cc1. The molecule has 0 unspecified atom stereocenters. The fourth-order valence-corrected chi connectivity index (χ4v) is 2.75. The van der Waals surface area contributed by atoms with Crippen LogP contribution in [0.2, 0.25) is 0 Å². The zero-order chi connectivity index (χ0) is 21.3. The van der Waals surface area contributed by atoms with Crippen LogP contribution in [-0.2, 0) is 9.59 Å². The average molecular weight is 415 g/mol. The molecule has 0 aliphatic carbocycles. The number of hydrogen-bond donors (Lipinski definition) is 2. The molecule has 1 saturated heterocycles. The van der Waals surface area contributed by atoms with Gasteiger partial charge in [-0.3, -0.25) is 9.59 Å². The fourth-order valence-electron chi connectivity index (χ4n) is 2.75. The molecule has 0 radical (unpaired) electrons. The number of nitrogens with one attached hydrogen (secondary N) is 2. The Morgan fingerprint density at radius 1 is 0.966 bits per heavy atom. The third kappa shape index (κ3) is 3.73. The van der Waals surface area contributed by atoms with Crippen LogP contribution < -0.4 is 20.5 Å². The Morgan fingerprint density at radius 2 is 1.52 bits per heavy atom. The lowest BCUT2D eigenvalue weighted by atomic mass is 10.2. The molecule has 2 amide bonds. The van der Waals surface area contributed by atoms with Gasteiger partial charge in [0, 0.05) is 0 Å². The van der Waals surface area contributed by atoms with Crippen LogP contribution in [0.25, 0.3) is 0 Å². The normalized spacial score (nSPS) is 16.5. The van der Waals surface area contributed by atoms with Gasteiger partial charge in [-0.2, -0.15) is 0 Å². The molecule has 154 valence electrons. The van der Waals surface area contributed by atoms with Gasteiger partial charge < -0.3 is 10.2 Å². The van der Waals surface area contributed by atoms with E-state index in [4.69, 9.17) is 4.74 Å². The predicted molar refractivity (Wildman–Crippen MR) is 91.5 cm³/mol. The van der Waals surface area contributed by atoms with Gasteiger partial charge in [0.1, 0.15) is 17.5 Å². The topological polar surface area (TPSA) is 70.7 Å². The molecule has 2 aromatic carbocycles. The second-order valence-electron chi connectivity index (χ2n) is 5.97. The first-order valence-corrected chi connectivity index (χ1v) is 8.38. The minimum atomic E-state index is -2.31. The highest BCUT2D eigenvalue weighted by molar-refractivity contribution is 6.22. The molecule has 1 atom stereocenters. The average Bonchev–Trinajstić information content (AvgIpc) is 2.99. The molecule has 0 bridgehead atoms. The summed E-state index contributed by atoms with van der Waals surface area (Å²) in [5.74, 6) is -11.7. The fraction of sp³-hybridized carbons (Fsp3) is 0.222. The van der Waals surface area contributed by atoms with Gasteiger partial charge >= 0.3 is 0 Å². The van der Waals surface area contributed by atoms with Gasteiger partial charge in [-0.15, -0.1) is 0 Å². The van der Waals surface area contributed by atoms with Crippen molar-refractivity contribution in [1.82, 2.24) is 5.43 Å². The van der Waals surface area contributed by atoms with E-state index in [1.165, 1.54) is 12.1 Å². The number of ether oxygens (including phenoxy) is 1. The molecule has 3 rings (SSSR count). The summed E-state index contributed by atoms with van der Waals surface area (Å²) in [6.07, 6.45) is -0.394. The summed E-state index contributed by atoms with van der Waals surface area (Å²) in [4.78, 5) is 25.5. The lowest BCUT2D eigenvalue weighted by molar-refractivity contribution is -0.121. The van der Waals surface area contributed by atoms with Gasteiger partial charge in [-0.05, 0) is 31.2 Å². The number of carbonyl (C=O) groups excluding carboxylic acids is 2. The van der Waals surface area contributed by atoms with E-state index in [9.17, 15) is 31.5 Å². The number of hydrogen-bond acceptors (Lipinski definition) is 5. The first-order valence-electron chi connectivity index (χ1n) is 8.38. The monoisotopic (exact) mass is 415 g/mol. The smallest absolute Gasteiger partial charge is 0.253 e. The maximum atomic E-state index is 13.7. The molecule has 1 aliphatic heterocycles. The number of amides is 2.